The summed E-state index contributed by atoms with van der Waals surface area (Å²) in [5.74, 6) is 0.415. The minimum absolute atomic E-state index is 0.0846. The summed E-state index contributed by atoms with van der Waals surface area (Å²) in [6, 6.07) is 5.54. The van der Waals surface area contributed by atoms with Crippen LogP contribution in [0.4, 0.5) is 13.2 Å². The molecule has 0 radical (unpaired) electrons. The third-order valence-electron chi connectivity index (χ3n) is 8.42. The standard InChI is InChI=1S/C25H33F3O5/c1-15-8-9-19-16(2)21(11-13-29-14-17-6-4-5-7-20(17)25(26,27)28)30-22-24(19)18(15)10-12-23(3,31-22)32-33-24/h4-7,15-16,18-19,21-22H,8-14H2,1-3H3/t15-,16-,18+,19+,21-,22-,23-,24-/m1/s1. The van der Waals surface area contributed by atoms with Gasteiger partial charge in [0, 0.05) is 18.9 Å². The number of alkyl halides is 3. The summed E-state index contributed by atoms with van der Waals surface area (Å²) in [4.78, 5) is 12.0. The van der Waals surface area contributed by atoms with Gasteiger partial charge < -0.3 is 14.2 Å². The van der Waals surface area contributed by atoms with E-state index in [0.29, 0.717) is 24.9 Å². The van der Waals surface area contributed by atoms with Crippen LogP contribution in [0.15, 0.2) is 24.3 Å². The Kier molecular flexibility index (Phi) is 6.05. The molecule has 5 fully saturated rings. The van der Waals surface area contributed by atoms with Gasteiger partial charge in [0.2, 0.25) is 5.79 Å². The van der Waals surface area contributed by atoms with E-state index in [2.05, 4.69) is 13.8 Å². The van der Waals surface area contributed by atoms with Crippen molar-refractivity contribution in [2.75, 3.05) is 6.61 Å². The van der Waals surface area contributed by atoms with Gasteiger partial charge in [0.1, 0.15) is 0 Å². The molecule has 1 aliphatic carbocycles. The fourth-order valence-electron chi connectivity index (χ4n) is 6.61. The molecule has 1 aromatic carbocycles. The van der Waals surface area contributed by atoms with Gasteiger partial charge in [-0.1, -0.05) is 32.0 Å². The topological polar surface area (TPSA) is 46.2 Å². The summed E-state index contributed by atoms with van der Waals surface area (Å²) < 4.78 is 58.2. The molecule has 33 heavy (non-hydrogen) atoms. The molecule has 8 atom stereocenters. The second-order valence-electron chi connectivity index (χ2n) is 10.4. The van der Waals surface area contributed by atoms with Crippen LogP contribution in [0, 0.1) is 23.7 Å². The van der Waals surface area contributed by atoms with Gasteiger partial charge in [-0.15, -0.1) is 0 Å². The van der Waals surface area contributed by atoms with Crippen molar-refractivity contribution < 1.29 is 37.2 Å². The van der Waals surface area contributed by atoms with Crippen LogP contribution in [0.1, 0.15) is 64.0 Å². The minimum Gasteiger partial charge on any atom is -0.377 e. The molecule has 1 spiro atoms. The zero-order chi connectivity index (χ0) is 23.4. The second-order valence-corrected chi connectivity index (χ2v) is 10.4. The molecular formula is C25H33F3O5. The molecule has 0 unspecified atom stereocenters. The fourth-order valence-corrected chi connectivity index (χ4v) is 6.61. The molecular weight excluding hydrogens is 437 g/mol. The molecule has 2 bridgehead atoms. The normalized spacial score (nSPS) is 42.6. The van der Waals surface area contributed by atoms with Crippen LogP contribution in [0.3, 0.4) is 0 Å². The van der Waals surface area contributed by atoms with Gasteiger partial charge >= 0.3 is 6.18 Å². The maximum Gasteiger partial charge on any atom is 0.416 e. The van der Waals surface area contributed by atoms with Crippen molar-refractivity contribution >= 4 is 0 Å². The number of benzene rings is 1. The predicted octanol–water partition coefficient (Wildman–Crippen LogP) is 5.86. The second kappa shape index (κ2) is 8.48. The lowest BCUT2D eigenvalue weighted by Crippen LogP contribution is -2.70. The van der Waals surface area contributed by atoms with Crippen LogP contribution in [0.5, 0.6) is 0 Å². The third kappa shape index (κ3) is 4.01. The van der Waals surface area contributed by atoms with Crippen molar-refractivity contribution in [1.82, 2.24) is 0 Å². The quantitative estimate of drug-likeness (QED) is 0.398. The number of halogens is 3. The lowest BCUT2D eigenvalue weighted by atomic mass is 9.57. The smallest absolute Gasteiger partial charge is 0.377 e. The molecule has 1 aromatic rings. The lowest BCUT2D eigenvalue weighted by molar-refractivity contribution is -0.571. The van der Waals surface area contributed by atoms with E-state index in [1.165, 1.54) is 12.1 Å². The molecule has 5 aliphatic rings. The van der Waals surface area contributed by atoms with Gasteiger partial charge in [-0.3, -0.25) is 0 Å². The highest BCUT2D eigenvalue weighted by Gasteiger charge is 2.69. The van der Waals surface area contributed by atoms with E-state index in [1.807, 2.05) is 6.92 Å². The monoisotopic (exact) mass is 470 g/mol. The Balaban J connectivity index is 1.27. The average Bonchev–Trinajstić information content (AvgIpc) is 3.00. The van der Waals surface area contributed by atoms with Gasteiger partial charge in [0.05, 0.1) is 18.3 Å². The van der Waals surface area contributed by atoms with Crippen molar-refractivity contribution in [3.63, 3.8) is 0 Å². The highest BCUT2D eigenvalue weighted by atomic mass is 19.4. The number of hydrogen-bond donors (Lipinski definition) is 0. The Hall–Kier alpha value is -1.19. The molecule has 4 saturated heterocycles. The van der Waals surface area contributed by atoms with Crippen LogP contribution in [-0.4, -0.2) is 30.4 Å². The zero-order valence-electron chi connectivity index (χ0n) is 19.4. The molecule has 4 aliphatic heterocycles. The van der Waals surface area contributed by atoms with Crippen LogP contribution < -0.4 is 0 Å². The summed E-state index contributed by atoms with van der Waals surface area (Å²) in [6.45, 7) is 6.57. The Morgan fingerprint density at radius 3 is 2.64 bits per heavy atom. The first-order valence-corrected chi connectivity index (χ1v) is 12.1. The summed E-state index contributed by atoms with van der Waals surface area (Å²) in [5, 5.41) is 0. The Morgan fingerprint density at radius 1 is 1.06 bits per heavy atom. The van der Waals surface area contributed by atoms with Gasteiger partial charge in [-0.05, 0) is 62.0 Å². The summed E-state index contributed by atoms with van der Waals surface area (Å²) in [6.07, 6.45) is -0.556. The van der Waals surface area contributed by atoms with Crippen LogP contribution in [0.25, 0.3) is 0 Å². The maximum absolute atomic E-state index is 13.2. The van der Waals surface area contributed by atoms with Crippen LogP contribution in [0.2, 0.25) is 0 Å². The SMILES string of the molecule is C[C@H]1[C@@H](CCOCc2ccccc2C(F)(F)F)O[C@@H]2O[C@@]3(C)CC[C@H]4[C@H](C)CC[C@@H]1[C@@]24OO3. The van der Waals surface area contributed by atoms with E-state index in [-0.39, 0.29) is 30.1 Å². The van der Waals surface area contributed by atoms with Gasteiger partial charge in [-0.2, -0.15) is 13.2 Å². The Labute approximate surface area is 192 Å². The number of fused-ring (bicyclic) bond motifs is 2. The van der Waals surface area contributed by atoms with E-state index in [1.54, 1.807) is 6.07 Å². The molecule has 1 saturated carbocycles. The van der Waals surface area contributed by atoms with Crippen molar-refractivity contribution in [2.45, 2.75) is 89.4 Å². The molecule has 184 valence electrons. The first-order chi connectivity index (χ1) is 15.6. The summed E-state index contributed by atoms with van der Waals surface area (Å²) in [7, 11) is 0. The first-order valence-electron chi connectivity index (χ1n) is 12.1. The fraction of sp³-hybridized carbons (Fsp3) is 0.760. The molecule has 0 amide bonds. The van der Waals surface area contributed by atoms with Gasteiger partial charge in [0.15, 0.2) is 11.9 Å². The van der Waals surface area contributed by atoms with Crippen molar-refractivity contribution in [1.29, 1.82) is 0 Å². The first kappa shape index (κ1) is 23.5. The zero-order valence-corrected chi connectivity index (χ0v) is 19.4. The predicted molar refractivity (Wildman–Crippen MR) is 113 cm³/mol. The molecule has 6 rings (SSSR count). The molecule has 8 heteroatoms. The van der Waals surface area contributed by atoms with Crippen LogP contribution >= 0.6 is 0 Å². The largest absolute Gasteiger partial charge is 0.416 e. The maximum atomic E-state index is 13.2. The highest BCUT2D eigenvalue weighted by Crippen LogP contribution is 2.60. The molecule has 5 nitrogen and oxygen atoms in total. The van der Waals surface area contributed by atoms with Crippen LogP contribution in [-0.2, 0) is 36.8 Å². The van der Waals surface area contributed by atoms with E-state index >= 15 is 0 Å². The summed E-state index contributed by atoms with van der Waals surface area (Å²) >= 11 is 0. The average molecular weight is 471 g/mol. The number of ether oxygens (including phenoxy) is 3. The number of hydrogen-bond acceptors (Lipinski definition) is 5. The Morgan fingerprint density at radius 2 is 1.85 bits per heavy atom. The molecule has 0 aromatic heterocycles. The van der Waals surface area contributed by atoms with E-state index in [4.69, 9.17) is 24.0 Å². The van der Waals surface area contributed by atoms with Crippen molar-refractivity contribution in [2.24, 2.45) is 23.7 Å². The lowest BCUT2D eigenvalue weighted by Gasteiger charge is -2.60. The van der Waals surface area contributed by atoms with E-state index in [9.17, 15) is 13.2 Å². The number of rotatable bonds is 5. The van der Waals surface area contributed by atoms with E-state index in [0.717, 1.165) is 31.7 Å². The minimum atomic E-state index is -4.39. The Bertz CT molecular complexity index is 863. The van der Waals surface area contributed by atoms with Gasteiger partial charge in [0.25, 0.3) is 0 Å². The third-order valence-corrected chi connectivity index (χ3v) is 8.42. The molecule has 0 N–H and O–H groups in total. The van der Waals surface area contributed by atoms with Gasteiger partial charge in [-0.25, -0.2) is 9.78 Å². The van der Waals surface area contributed by atoms with E-state index < -0.39 is 29.4 Å². The van der Waals surface area contributed by atoms with Crippen molar-refractivity contribution in [3.8, 4) is 0 Å². The molecule has 4 heterocycles. The summed E-state index contributed by atoms with van der Waals surface area (Å²) in [5.41, 5.74) is -1.10. The highest BCUT2D eigenvalue weighted by molar-refractivity contribution is 5.29. The van der Waals surface area contributed by atoms with Crippen molar-refractivity contribution in [3.05, 3.63) is 35.4 Å².